The molecule has 0 atom stereocenters. The molecule has 0 amide bonds. The Bertz CT molecular complexity index is 659. The Balaban J connectivity index is 1.63. The number of hydrogen-bond donors (Lipinski definition) is 0. The van der Waals surface area contributed by atoms with E-state index in [1.165, 1.54) is 11.1 Å². The first kappa shape index (κ1) is 12.2. The van der Waals surface area contributed by atoms with Crippen LogP contribution in [0.25, 0.3) is 12.2 Å². The highest BCUT2D eigenvalue weighted by atomic mass is 16.8. The summed E-state index contributed by atoms with van der Waals surface area (Å²) >= 11 is 0. The molecule has 2 aliphatic heterocycles. The Morgan fingerprint density at radius 3 is 1.67 bits per heavy atom. The highest BCUT2D eigenvalue weighted by Gasteiger charge is 2.20. The minimum Gasteiger partial charge on any atom is -0.225 e. The lowest BCUT2D eigenvalue weighted by Crippen LogP contribution is -2.38. The zero-order valence-corrected chi connectivity index (χ0v) is 11.6. The lowest BCUT2D eigenvalue weighted by Gasteiger charge is -2.34. The van der Waals surface area contributed by atoms with Gasteiger partial charge in [0.15, 0.2) is 0 Å². The number of hydroxylamine groups is 2. The molecule has 2 aromatic carbocycles. The lowest BCUT2D eigenvalue weighted by molar-refractivity contribution is 0.0934. The molecule has 0 fully saturated rings. The summed E-state index contributed by atoms with van der Waals surface area (Å²) in [4.78, 5) is 6.15. The molecule has 3 heteroatoms. The van der Waals surface area contributed by atoms with Crippen molar-refractivity contribution in [2.24, 2.45) is 0 Å². The summed E-state index contributed by atoms with van der Waals surface area (Å²) < 4.78 is 0. The van der Waals surface area contributed by atoms with Crippen molar-refractivity contribution < 1.29 is 4.94 Å². The number of rotatable bonds is 2. The Kier molecular flexibility index (Phi) is 2.98. The Morgan fingerprint density at radius 1 is 0.667 bits per heavy atom. The third-order valence-electron chi connectivity index (χ3n) is 3.75. The van der Waals surface area contributed by atoms with Crippen LogP contribution in [0.4, 0.5) is 11.4 Å². The van der Waals surface area contributed by atoms with E-state index in [0.717, 1.165) is 24.5 Å². The van der Waals surface area contributed by atoms with Gasteiger partial charge in [0.1, 0.15) is 0 Å². The van der Waals surface area contributed by atoms with Crippen LogP contribution in [0.1, 0.15) is 11.1 Å². The van der Waals surface area contributed by atoms with Crippen LogP contribution in [-0.2, 0) is 4.94 Å². The van der Waals surface area contributed by atoms with Crippen molar-refractivity contribution in [1.29, 1.82) is 0 Å². The number of hydrogen-bond acceptors (Lipinski definition) is 3. The van der Waals surface area contributed by atoms with Gasteiger partial charge in [-0.15, -0.1) is 0 Å². The van der Waals surface area contributed by atoms with Gasteiger partial charge in [0.05, 0.1) is 24.5 Å². The van der Waals surface area contributed by atoms with Crippen LogP contribution < -0.4 is 10.1 Å². The van der Waals surface area contributed by atoms with Crippen LogP contribution in [0.5, 0.6) is 0 Å². The van der Waals surface area contributed by atoms with E-state index >= 15 is 0 Å². The normalized spacial score (nSPS) is 15.8. The largest absolute Gasteiger partial charge is 0.225 e. The predicted octanol–water partition coefficient (Wildman–Crippen LogP) is 3.90. The van der Waals surface area contributed by atoms with Gasteiger partial charge in [-0.3, -0.25) is 0 Å². The van der Waals surface area contributed by atoms with E-state index < -0.39 is 0 Å². The average Bonchev–Trinajstić information content (AvgIpc) is 2.56. The summed E-state index contributed by atoms with van der Waals surface area (Å²) in [5, 5.41) is 3.87. The smallest absolute Gasteiger partial charge is 0.0737 e. The van der Waals surface area contributed by atoms with Crippen LogP contribution in [0, 0.1) is 0 Å². The molecule has 104 valence electrons. The highest BCUT2D eigenvalue weighted by Crippen LogP contribution is 2.30. The van der Waals surface area contributed by atoms with Gasteiger partial charge in [0, 0.05) is 11.1 Å². The molecule has 2 aliphatic rings. The second-order valence-electron chi connectivity index (χ2n) is 5.13. The van der Waals surface area contributed by atoms with Crippen molar-refractivity contribution >= 4 is 23.5 Å². The van der Waals surface area contributed by atoms with Gasteiger partial charge in [-0.25, -0.2) is 10.1 Å². The summed E-state index contributed by atoms with van der Waals surface area (Å²) in [6.07, 6.45) is 8.51. The average molecular weight is 276 g/mol. The molecule has 0 saturated carbocycles. The zero-order valence-electron chi connectivity index (χ0n) is 11.6. The molecule has 0 N–H and O–H groups in total. The van der Waals surface area contributed by atoms with Gasteiger partial charge in [-0.2, -0.15) is 4.94 Å². The molecule has 3 nitrogen and oxygen atoms in total. The molecule has 21 heavy (non-hydrogen) atoms. The van der Waals surface area contributed by atoms with E-state index in [2.05, 4.69) is 48.6 Å². The zero-order chi connectivity index (χ0) is 14.1. The molecule has 2 heterocycles. The van der Waals surface area contributed by atoms with Crippen LogP contribution in [0.2, 0.25) is 0 Å². The lowest BCUT2D eigenvalue weighted by atomic mass is 10.1. The molecular formula is C18H16N2O. The van der Waals surface area contributed by atoms with E-state index in [1.54, 1.807) is 0 Å². The van der Waals surface area contributed by atoms with Crippen LogP contribution in [0.3, 0.4) is 0 Å². The second kappa shape index (κ2) is 5.11. The minimum absolute atomic E-state index is 0.749. The van der Waals surface area contributed by atoms with Crippen molar-refractivity contribution in [3.63, 3.8) is 0 Å². The van der Waals surface area contributed by atoms with Crippen molar-refractivity contribution in [2.45, 2.75) is 0 Å². The van der Waals surface area contributed by atoms with Crippen molar-refractivity contribution in [3.05, 3.63) is 71.8 Å². The van der Waals surface area contributed by atoms with E-state index in [0.29, 0.717) is 0 Å². The van der Waals surface area contributed by atoms with Gasteiger partial charge >= 0.3 is 0 Å². The van der Waals surface area contributed by atoms with Gasteiger partial charge in [-0.1, -0.05) is 60.7 Å². The fourth-order valence-corrected chi connectivity index (χ4v) is 2.73. The molecule has 0 spiro atoms. The van der Waals surface area contributed by atoms with Crippen molar-refractivity contribution in [3.8, 4) is 0 Å². The summed E-state index contributed by atoms with van der Waals surface area (Å²) in [6.45, 7) is 1.50. The fraction of sp³-hybridized carbons (Fsp3) is 0.111. The first-order chi connectivity index (χ1) is 10.4. The molecule has 0 unspecified atom stereocenters. The molecule has 2 aromatic rings. The maximum Gasteiger partial charge on any atom is 0.0737 e. The summed E-state index contributed by atoms with van der Waals surface area (Å²) in [6, 6.07) is 16.6. The van der Waals surface area contributed by atoms with Crippen LogP contribution in [-0.4, -0.2) is 13.1 Å². The van der Waals surface area contributed by atoms with E-state index in [4.69, 9.17) is 4.94 Å². The van der Waals surface area contributed by atoms with Crippen LogP contribution in [0.15, 0.2) is 60.7 Å². The summed E-state index contributed by atoms with van der Waals surface area (Å²) in [7, 11) is 0. The van der Waals surface area contributed by atoms with Gasteiger partial charge in [0.2, 0.25) is 0 Å². The second-order valence-corrected chi connectivity index (χ2v) is 5.13. The highest BCUT2D eigenvalue weighted by molar-refractivity contribution is 5.72. The first-order valence-corrected chi connectivity index (χ1v) is 7.16. The van der Waals surface area contributed by atoms with E-state index in [1.807, 2.05) is 34.4 Å². The Labute approximate surface area is 124 Å². The van der Waals surface area contributed by atoms with Gasteiger partial charge < -0.3 is 0 Å². The van der Waals surface area contributed by atoms with Gasteiger partial charge in [-0.05, 0) is 12.1 Å². The number of benzene rings is 2. The topological polar surface area (TPSA) is 15.7 Å². The molecule has 0 radical (unpaired) electrons. The molecular weight excluding hydrogens is 260 g/mol. The standard InChI is InChI=1S/C18H16N2O/c1-3-11-17-15(7-1)9-5-13-19(17)21-20-14-6-10-16-8-2-4-12-18(16)20/h1-12H,13-14H2. The maximum atomic E-state index is 6.15. The number of nitrogens with zero attached hydrogens (tertiary/aromatic N) is 2. The Morgan fingerprint density at radius 2 is 1.14 bits per heavy atom. The summed E-state index contributed by atoms with van der Waals surface area (Å²) in [5.74, 6) is 0. The predicted molar refractivity (Wildman–Crippen MR) is 86.7 cm³/mol. The summed E-state index contributed by atoms with van der Waals surface area (Å²) in [5.41, 5.74) is 4.58. The molecule has 0 bridgehead atoms. The number of para-hydroxylation sites is 2. The minimum atomic E-state index is 0.749. The van der Waals surface area contributed by atoms with E-state index in [9.17, 15) is 0 Å². The SMILES string of the molecule is C1=Cc2ccccc2N(ON2CC=Cc3ccccc32)C1. The molecule has 0 saturated heterocycles. The van der Waals surface area contributed by atoms with E-state index in [-0.39, 0.29) is 0 Å². The quantitative estimate of drug-likeness (QED) is 0.827. The monoisotopic (exact) mass is 276 g/mol. The molecule has 4 rings (SSSR count). The molecule has 0 aliphatic carbocycles. The van der Waals surface area contributed by atoms with Crippen molar-refractivity contribution in [2.75, 3.05) is 23.2 Å². The third kappa shape index (κ3) is 2.22. The van der Waals surface area contributed by atoms with Crippen LogP contribution >= 0.6 is 0 Å². The third-order valence-corrected chi connectivity index (χ3v) is 3.75. The Hall–Kier alpha value is -2.52. The number of anilines is 2. The first-order valence-electron chi connectivity index (χ1n) is 7.16. The number of fused-ring (bicyclic) bond motifs is 2. The molecule has 0 aromatic heterocycles. The maximum absolute atomic E-state index is 6.15. The van der Waals surface area contributed by atoms with Gasteiger partial charge in [0.25, 0.3) is 0 Å². The van der Waals surface area contributed by atoms with Crippen molar-refractivity contribution in [1.82, 2.24) is 0 Å². The fourth-order valence-electron chi connectivity index (χ4n) is 2.73.